The second-order valence-corrected chi connectivity index (χ2v) is 8.99. The van der Waals surface area contributed by atoms with E-state index in [2.05, 4.69) is 15.5 Å². The first-order valence-electron chi connectivity index (χ1n) is 11.9. The predicted molar refractivity (Wildman–Crippen MR) is 151 cm³/mol. The SMILES string of the molecule is COc1cc(N=Nc2ccc([N+](=O)[O-])cc2)ccc1N1C(=O)c2ccccc2NC1/C=C/c1ccc(Cl)cc1. The molecule has 4 aromatic rings. The van der Waals surface area contributed by atoms with Gasteiger partial charge >= 0.3 is 0 Å². The van der Waals surface area contributed by atoms with Gasteiger partial charge in [0.2, 0.25) is 0 Å². The molecule has 194 valence electrons. The maximum Gasteiger partial charge on any atom is 0.269 e. The van der Waals surface area contributed by atoms with Crippen LogP contribution in [-0.2, 0) is 0 Å². The Morgan fingerprint density at radius 1 is 0.974 bits per heavy atom. The van der Waals surface area contributed by atoms with Crippen LogP contribution in [0.3, 0.4) is 0 Å². The summed E-state index contributed by atoms with van der Waals surface area (Å²) in [6.45, 7) is 0. The van der Waals surface area contributed by atoms with Crippen LogP contribution in [0.15, 0.2) is 107 Å². The molecule has 0 saturated heterocycles. The van der Waals surface area contributed by atoms with E-state index >= 15 is 0 Å². The summed E-state index contributed by atoms with van der Waals surface area (Å²) in [4.78, 5) is 25.7. The smallest absolute Gasteiger partial charge is 0.269 e. The van der Waals surface area contributed by atoms with Crippen molar-refractivity contribution in [1.82, 2.24) is 0 Å². The number of halogens is 1. The molecule has 1 N–H and O–H groups in total. The summed E-state index contributed by atoms with van der Waals surface area (Å²) >= 11 is 6.02. The zero-order valence-corrected chi connectivity index (χ0v) is 21.4. The Hall–Kier alpha value is -5.02. The van der Waals surface area contributed by atoms with Crippen molar-refractivity contribution in [2.24, 2.45) is 10.2 Å². The van der Waals surface area contributed by atoms with Gasteiger partial charge < -0.3 is 10.1 Å². The van der Waals surface area contributed by atoms with Gasteiger partial charge in [-0.2, -0.15) is 10.2 Å². The molecule has 10 heteroatoms. The average molecular weight is 540 g/mol. The molecule has 0 saturated carbocycles. The first-order chi connectivity index (χ1) is 18.9. The molecule has 4 aromatic carbocycles. The van der Waals surface area contributed by atoms with Gasteiger partial charge in [-0.1, -0.05) is 41.9 Å². The molecule has 0 fully saturated rings. The van der Waals surface area contributed by atoms with Crippen LogP contribution >= 0.6 is 11.6 Å². The lowest BCUT2D eigenvalue weighted by Gasteiger charge is -2.37. The minimum atomic E-state index is -0.510. The van der Waals surface area contributed by atoms with Crippen LogP contribution in [-0.4, -0.2) is 24.1 Å². The third kappa shape index (κ3) is 5.63. The van der Waals surface area contributed by atoms with E-state index in [-0.39, 0.29) is 11.6 Å². The van der Waals surface area contributed by atoms with E-state index in [1.165, 1.54) is 31.4 Å². The van der Waals surface area contributed by atoms with Crippen LogP contribution < -0.4 is 15.0 Å². The Labute approximate surface area is 229 Å². The molecular formula is C29H22ClN5O4. The van der Waals surface area contributed by atoms with Gasteiger partial charge in [0, 0.05) is 28.9 Å². The van der Waals surface area contributed by atoms with Crippen molar-refractivity contribution >= 4 is 52.0 Å². The number of hydrogen-bond acceptors (Lipinski definition) is 7. The molecule has 39 heavy (non-hydrogen) atoms. The number of rotatable bonds is 7. The minimum Gasteiger partial charge on any atom is -0.494 e. The maximum atomic E-state index is 13.7. The molecule has 0 aromatic heterocycles. The number of methoxy groups -OCH3 is 1. The lowest BCUT2D eigenvalue weighted by atomic mass is 10.1. The average Bonchev–Trinajstić information content (AvgIpc) is 2.96. The number of non-ortho nitro benzene ring substituents is 1. The highest BCUT2D eigenvalue weighted by atomic mass is 35.5. The molecular weight excluding hydrogens is 518 g/mol. The number of nitro benzene ring substituents is 1. The molecule has 5 rings (SSSR count). The number of nitro groups is 1. The van der Waals surface area contributed by atoms with Gasteiger partial charge in [0.15, 0.2) is 0 Å². The fraction of sp³-hybridized carbons (Fsp3) is 0.0690. The summed E-state index contributed by atoms with van der Waals surface area (Å²) in [5.74, 6) is 0.239. The lowest BCUT2D eigenvalue weighted by Crippen LogP contribution is -2.48. The van der Waals surface area contributed by atoms with E-state index in [1.54, 1.807) is 41.3 Å². The summed E-state index contributed by atoms with van der Waals surface area (Å²) in [5, 5.41) is 23.3. The van der Waals surface area contributed by atoms with Crippen molar-refractivity contribution in [1.29, 1.82) is 0 Å². The van der Waals surface area contributed by atoms with E-state index in [9.17, 15) is 14.9 Å². The summed E-state index contributed by atoms with van der Waals surface area (Å²) < 4.78 is 5.66. The van der Waals surface area contributed by atoms with Crippen molar-refractivity contribution in [2.75, 3.05) is 17.3 Å². The zero-order valence-electron chi connectivity index (χ0n) is 20.7. The van der Waals surface area contributed by atoms with Gasteiger partial charge in [-0.3, -0.25) is 19.8 Å². The van der Waals surface area contributed by atoms with Gasteiger partial charge in [0.25, 0.3) is 11.6 Å². The zero-order chi connectivity index (χ0) is 27.4. The molecule has 1 aliphatic heterocycles. The number of nitrogens with one attached hydrogen (secondary N) is 1. The molecule has 1 atom stereocenters. The molecule has 1 unspecified atom stereocenters. The van der Waals surface area contributed by atoms with Crippen molar-refractivity contribution in [3.63, 3.8) is 0 Å². The van der Waals surface area contributed by atoms with E-state index < -0.39 is 11.1 Å². The molecule has 0 bridgehead atoms. The molecule has 1 amide bonds. The summed E-state index contributed by atoms with van der Waals surface area (Å²) in [6.07, 6.45) is 3.31. The number of fused-ring (bicyclic) bond motifs is 1. The number of benzene rings is 4. The normalized spacial score (nSPS) is 14.9. The molecule has 1 aliphatic rings. The number of carbonyl (C=O) groups excluding carboxylic acids is 1. The molecule has 0 spiro atoms. The second kappa shape index (κ2) is 11.2. The van der Waals surface area contributed by atoms with Gasteiger partial charge in [-0.25, -0.2) is 0 Å². The van der Waals surface area contributed by atoms with Crippen LogP contribution in [0, 0.1) is 10.1 Å². The standard InChI is InChI=1S/C29H22ClN5O4/c1-39-27-18-22(33-32-21-11-14-23(15-12-21)35(37)38)13-16-26(27)34-28(17-8-19-6-9-20(30)10-7-19)31-25-5-3-2-4-24(25)29(34)36/h2-18,28,31H,1H3/b17-8+,33-32?. The number of para-hydroxylation sites is 1. The van der Waals surface area contributed by atoms with Crippen LogP contribution in [0.25, 0.3) is 6.08 Å². The minimum absolute atomic E-state index is 0.0268. The number of ether oxygens (including phenoxy) is 1. The van der Waals surface area contributed by atoms with Gasteiger partial charge in [0.05, 0.1) is 34.7 Å². The fourth-order valence-corrected chi connectivity index (χ4v) is 4.26. The van der Waals surface area contributed by atoms with E-state index in [0.717, 1.165) is 11.3 Å². The summed E-state index contributed by atoms with van der Waals surface area (Å²) in [5.41, 5.74) is 3.67. The fourth-order valence-electron chi connectivity index (χ4n) is 4.13. The number of hydrogen-bond donors (Lipinski definition) is 1. The first kappa shape index (κ1) is 25.6. The highest BCUT2D eigenvalue weighted by Crippen LogP contribution is 2.38. The molecule has 9 nitrogen and oxygen atoms in total. The van der Waals surface area contributed by atoms with Crippen LogP contribution in [0.5, 0.6) is 5.75 Å². The van der Waals surface area contributed by atoms with E-state index in [4.69, 9.17) is 16.3 Å². The Morgan fingerprint density at radius 2 is 1.67 bits per heavy atom. The lowest BCUT2D eigenvalue weighted by molar-refractivity contribution is -0.384. The van der Waals surface area contributed by atoms with Crippen molar-refractivity contribution in [3.05, 3.63) is 123 Å². The quantitative estimate of drug-likeness (QED) is 0.146. The largest absolute Gasteiger partial charge is 0.494 e. The third-order valence-corrected chi connectivity index (χ3v) is 6.32. The second-order valence-electron chi connectivity index (χ2n) is 8.55. The Bertz CT molecular complexity index is 1590. The monoisotopic (exact) mass is 539 g/mol. The molecule has 0 radical (unpaired) electrons. The van der Waals surface area contributed by atoms with Crippen molar-refractivity contribution in [2.45, 2.75) is 6.17 Å². The highest BCUT2D eigenvalue weighted by molar-refractivity contribution is 6.30. The van der Waals surface area contributed by atoms with Gasteiger partial charge in [0.1, 0.15) is 11.9 Å². The number of nitrogens with zero attached hydrogens (tertiary/aromatic N) is 4. The number of carbonyl (C=O) groups is 1. The predicted octanol–water partition coefficient (Wildman–Crippen LogP) is 7.78. The van der Waals surface area contributed by atoms with Gasteiger partial charge in [-0.05, 0) is 60.2 Å². The third-order valence-electron chi connectivity index (χ3n) is 6.06. The molecule has 0 aliphatic carbocycles. The number of azo groups is 1. The highest BCUT2D eigenvalue weighted by Gasteiger charge is 2.33. The van der Waals surface area contributed by atoms with Crippen molar-refractivity contribution in [3.8, 4) is 5.75 Å². The Morgan fingerprint density at radius 3 is 2.38 bits per heavy atom. The van der Waals surface area contributed by atoms with E-state index in [0.29, 0.717) is 33.4 Å². The summed E-state index contributed by atoms with van der Waals surface area (Å²) in [6, 6.07) is 25.6. The van der Waals surface area contributed by atoms with E-state index in [1.807, 2.05) is 42.5 Å². The Kier molecular flexibility index (Phi) is 7.33. The number of amides is 1. The Balaban J connectivity index is 1.47. The van der Waals surface area contributed by atoms with Crippen LogP contribution in [0.1, 0.15) is 15.9 Å². The van der Waals surface area contributed by atoms with Crippen LogP contribution in [0.4, 0.5) is 28.4 Å². The van der Waals surface area contributed by atoms with Crippen molar-refractivity contribution < 1.29 is 14.5 Å². The first-order valence-corrected chi connectivity index (χ1v) is 12.3. The topological polar surface area (TPSA) is 109 Å². The van der Waals surface area contributed by atoms with Crippen LogP contribution in [0.2, 0.25) is 5.02 Å². The number of anilines is 2. The van der Waals surface area contributed by atoms with Gasteiger partial charge in [-0.15, -0.1) is 0 Å². The maximum absolute atomic E-state index is 13.7. The molecule has 1 heterocycles. The summed E-state index contributed by atoms with van der Waals surface area (Å²) in [7, 11) is 1.52.